The number of nitriles is 1. The normalized spacial score (nSPS) is 23.2. The van der Waals surface area contributed by atoms with Crippen LogP contribution >= 0.6 is 11.3 Å². The number of thiophene rings is 1. The number of piperidine rings is 1. The number of rotatable bonds is 2. The van der Waals surface area contributed by atoms with Crippen molar-refractivity contribution in [3.05, 3.63) is 22.4 Å². The van der Waals surface area contributed by atoms with Crippen LogP contribution in [0.15, 0.2) is 16.8 Å². The minimum Gasteiger partial charge on any atom is -0.298 e. The van der Waals surface area contributed by atoms with Crippen LogP contribution in [-0.2, 0) is 6.54 Å². The first-order chi connectivity index (χ1) is 6.88. The van der Waals surface area contributed by atoms with Gasteiger partial charge in [0, 0.05) is 13.1 Å². The van der Waals surface area contributed by atoms with E-state index in [0.29, 0.717) is 0 Å². The number of hydrogen-bond acceptors (Lipinski definition) is 3. The van der Waals surface area contributed by atoms with E-state index in [1.165, 1.54) is 12.0 Å². The van der Waals surface area contributed by atoms with Gasteiger partial charge in [-0.2, -0.15) is 16.6 Å². The molecule has 1 saturated heterocycles. The van der Waals surface area contributed by atoms with Crippen LogP contribution in [0.1, 0.15) is 18.4 Å². The first-order valence-electron chi connectivity index (χ1n) is 5.01. The third-order valence-corrected chi connectivity index (χ3v) is 3.41. The van der Waals surface area contributed by atoms with Crippen molar-refractivity contribution in [2.24, 2.45) is 5.92 Å². The van der Waals surface area contributed by atoms with E-state index in [1.807, 2.05) is 0 Å². The van der Waals surface area contributed by atoms with Crippen LogP contribution in [0.2, 0.25) is 0 Å². The summed E-state index contributed by atoms with van der Waals surface area (Å²) in [6.07, 6.45) is 2.25. The molecular formula is C11H14N2S. The van der Waals surface area contributed by atoms with E-state index >= 15 is 0 Å². The smallest absolute Gasteiger partial charge is 0.0669 e. The fourth-order valence-corrected chi connectivity index (χ4v) is 2.61. The Hall–Kier alpha value is -0.850. The van der Waals surface area contributed by atoms with E-state index in [4.69, 9.17) is 5.26 Å². The van der Waals surface area contributed by atoms with E-state index in [-0.39, 0.29) is 5.92 Å². The molecule has 2 heterocycles. The van der Waals surface area contributed by atoms with E-state index in [2.05, 4.69) is 27.8 Å². The lowest BCUT2D eigenvalue weighted by Crippen LogP contribution is -2.34. The second kappa shape index (κ2) is 4.59. The molecule has 1 unspecified atom stereocenters. The molecule has 0 radical (unpaired) electrons. The molecule has 0 aromatic carbocycles. The van der Waals surface area contributed by atoms with E-state index in [1.54, 1.807) is 11.3 Å². The molecule has 3 heteroatoms. The molecule has 0 amide bonds. The van der Waals surface area contributed by atoms with Crippen LogP contribution in [0, 0.1) is 17.2 Å². The molecule has 14 heavy (non-hydrogen) atoms. The summed E-state index contributed by atoms with van der Waals surface area (Å²) >= 11 is 1.74. The zero-order valence-corrected chi connectivity index (χ0v) is 8.96. The van der Waals surface area contributed by atoms with Gasteiger partial charge in [-0.05, 0) is 41.8 Å². The van der Waals surface area contributed by atoms with Crippen molar-refractivity contribution in [1.82, 2.24) is 4.90 Å². The average Bonchev–Trinajstić information content (AvgIpc) is 2.71. The number of hydrogen-bond donors (Lipinski definition) is 0. The van der Waals surface area contributed by atoms with Crippen LogP contribution in [0.4, 0.5) is 0 Å². The van der Waals surface area contributed by atoms with Gasteiger partial charge in [0.15, 0.2) is 0 Å². The minimum absolute atomic E-state index is 0.252. The standard InChI is InChI=1S/C11H14N2S/c12-6-10-2-1-4-13(7-10)8-11-3-5-14-9-11/h3,5,9-10H,1-2,4,7-8H2. The van der Waals surface area contributed by atoms with Gasteiger partial charge >= 0.3 is 0 Å². The maximum Gasteiger partial charge on any atom is 0.0669 e. The molecule has 74 valence electrons. The maximum atomic E-state index is 8.86. The van der Waals surface area contributed by atoms with Gasteiger partial charge in [0.2, 0.25) is 0 Å². The van der Waals surface area contributed by atoms with Crippen molar-refractivity contribution in [3.63, 3.8) is 0 Å². The molecule has 1 aliphatic heterocycles. The predicted molar refractivity (Wildman–Crippen MR) is 57.9 cm³/mol. The van der Waals surface area contributed by atoms with Gasteiger partial charge in [-0.15, -0.1) is 0 Å². The Morgan fingerprint density at radius 2 is 2.57 bits per heavy atom. The molecule has 0 spiro atoms. The van der Waals surface area contributed by atoms with Gasteiger partial charge in [-0.1, -0.05) is 0 Å². The Morgan fingerprint density at radius 1 is 1.64 bits per heavy atom. The van der Waals surface area contributed by atoms with E-state index in [0.717, 1.165) is 26.1 Å². The van der Waals surface area contributed by atoms with Crippen molar-refractivity contribution in [2.75, 3.05) is 13.1 Å². The fraction of sp³-hybridized carbons (Fsp3) is 0.545. The van der Waals surface area contributed by atoms with Crippen LogP contribution < -0.4 is 0 Å². The van der Waals surface area contributed by atoms with Gasteiger partial charge < -0.3 is 0 Å². The van der Waals surface area contributed by atoms with E-state index < -0.39 is 0 Å². The highest BCUT2D eigenvalue weighted by Crippen LogP contribution is 2.18. The number of likely N-dealkylation sites (tertiary alicyclic amines) is 1. The molecule has 0 N–H and O–H groups in total. The largest absolute Gasteiger partial charge is 0.298 e. The molecule has 2 nitrogen and oxygen atoms in total. The Labute approximate surface area is 88.8 Å². The monoisotopic (exact) mass is 206 g/mol. The Kier molecular flexibility index (Phi) is 3.18. The predicted octanol–water partition coefficient (Wildman–Crippen LogP) is 2.48. The molecule has 1 atom stereocenters. The molecule has 1 aliphatic rings. The summed E-state index contributed by atoms with van der Waals surface area (Å²) in [5, 5.41) is 13.2. The van der Waals surface area contributed by atoms with Gasteiger partial charge in [0.1, 0.15) is 0 Å². The van der Waals surface area contributed by atoms with Crippen LogP contribution in [-0.4, -0.2) is 18.0 Å². The second-order valence-electron chi connectivity index (χ2n) is 3.83. The highest BCUT2D eigenvalue weighted by Gasteiger charge is 2.19. The van der Waals surface area contributed by atoms with Gasteiger partial charge in [-0.25, -0.2) is 0 Å². The van der Waals surface area contributed by atoms with Gasteiger partial charge in [0.05, 0.1) is 12.0 Å². The molecule has 1 aromatic rings. The first kappa shape index (κ1) is 9.70. The molecule has 1 aromatic heterocycles. The van der Waals surface area contributed by atoms with Crippen molar-refractivity contribution >= 4 is 11.3 Å². The third kappa shape index (κ3) is 2.34. The summed E-state index contributed by atoms with van der Waals surface area (Å²) in [7, 11) is 0. The fourth-order valence-electron chi connectivity index (χ4n) is 1.95. The van der Waals surface area contributed by atoms with Crippen molar-refractivity contribution in [1.29, 1.82) is 5.26 Å². The molecule has 1 fully saturated rings. The van der Waals surface area contributed by atoms with Crippen molar-refractivity contribution in [3.8, 4) is 6.07 Å². The molecule has 0 aliphatic carbocycles. The summed E-state index contributed by atoms with van der Waals surface area (Å²) in [6.45, 7) is 3.11. The van der Waals surface area contributed by atoms with E-state index in [9.17, 15) is 0 Å². The quantitative estimate of drug-likeness (QED) is 0.743. The van der Waals surface area contributed by atoms with Crippen LogP contribution in [0.5, 0.6) is 0 Å². The summed E-state index contributed by atoms with van der Waals surface area (Å²) < 4.78 is 0. The summed E-state index contributed by atoms with van der Waals surface area (Å²) in [4.78, 5) is 2.39. The van der Waals surface area contributed by atoms with Crippen molar-refractivity contribution in [2.45, 2.75) is 19.4 Å². The van der Waals surface area contributed by atoms with Crippen LogP contribution in [0.25, 0.3) is 0 Å². The first-order valence-corrected chi connectivity index (χ1v) is 5.96. The lowest BCUT2D eigenvalue weighted by atomic mass is 9.99. The Balaban J connectivity index is 1.90. The summed E-state index contributed by atoms with van der Waals surface area (Å²) in [5.74, 6) is 0.252. The third-order valence-electron chi connectivity index (χ3n) is 2.67. The second-order valence-corrected chi connectivity index (χ2v) is 4.61. The number of nitrogens with zero attached hydrogens (tertiary/aromatic N) is 2. The minimum atomic E-state index is 0.252. The van der Waals surface area contributed by atoms with Crippen molar-refractivity contribution < 1.29 is 0 Å². The van der Waals surface area contributed by atoms with Gasteiger partial charge in [-0.3, -0.25) is 4.90 Å². The zero-order valence-electron chi connectivity index (χ0n) is 8.15. The Bertz CT molecular complexity index is 313. The summed E-state index contributed by atoms with van der Waals surface area (Å²) in [5.41, 5.74) is 1.38. The maximum absolute atomic E-state index is 8.86. The highest BCUT2D eigenvalue weighted by molar-refractivity contribution is 7.07. The lowest BCUT2D eigenvalue weighted by Gasteiger charge is -2.29. The molecule has 0 bridgehead atoms. The molecule has 2 rings (SSSR count). The molecular weight excluding hydrogens is 192 g/mol. The lowest BCUT2D eigenvalue weighted by molar-refractivity contribution is 0.192. The average molecular weight is 206 g/mol. The summed E-state index contributed by atoms with van der Waals surface area (Å²) in [6, 6.07) is 4.54. The highest BCUT2D eigenvalue weighted by atomic mass is 32.1. The zero-order chi connectivity index (χ0) is 9.80. The molecule has 0 saturated carbocycles. The van der Waals surface area contributed by atoms with Gasteiger partial charge in [0.25, 0.3) is 0 Å². The Morgan fingerprint density at radius 3 is 3.29 bits per heavy atom. The SMILES string of the molecule is N#CC1CCCN(Cc2ccsc2)C1. The van der Waals surface area contributed by atoms with Crippen LogP contribution in [0.3, 0.4) is 0 Å². The topological polar surface area (TPSA) is 27.0 Å².